The minimum atomic E-state index is -0.697. The fourth-order valence-corrected chi connectivity index (χ4v) is 4.85. The van der Waals surface area contributed by atoms with Gasteiger partial charge in [-0.05, 0) is 58.6 Å². The molecule has 1 aliphatic carbocycles. The summed E-state index contributed by atoms with van der Waals surface area (Å²) < 4.78 is 11.6. The highest BCUT2D eigenvalue weighted by Gasteiger charge is 2.24. The van der Waals surface area contributed by atoms with Crippen LogP contribution in [0.15, 0.2) is 46.9 Å². The third-order valence-electron chi connectivity index (χ3n) is 6.18. The second kappa shape index (κ2) is 12.2. The number of hydrogen-bond donors (Lipinski definition) is 1. The van der Waals surface area contributed by atoms with Crippen LogP contribution in [0, 0.1) is 0 Å². The highest BCUT2D eigenvalue weighted by atomic mass is 79.9. The van der Waals surface area contributed by atoms with E-state index in [4.69, 9.17) is 15.2 Å². The summed E-state index contributed by atoms with van der Waals surface area (Å²) in [5.74, 6) is -0.912. The molecule has 0 heterocycles. The summed E-state index contributed by atoms with van der Waals surface area (Å²) in [5.41, 5.74) is 9.09. The number of nitrogens with two attached hydrogens (primary N) is 1. The monoisotopic (exact) mass is 516 g/mol. The zero-order valence-electron chi connectivity index (χ0n) is 19.4. The van der Waals surface area contributed by atoms with Crippen molar-refractivity contribution in [3.05, 3.63) is 63.6 Å². The van der Waals surface area contributed by atoms with Gasteiger partial charge >= 0.3 is 11.9 Å². The molecule has 0 aliphatic heterocycles. The van der Waals surface area contributed by atoms with Crippen molar-refractivity contribution in [2.24, 2.45) is 0 Å². The van der Waals surface area contributed by atoms with Gasteiger partial charge in [0.2, 0.25) is 0 Å². The van der Waals surface area contributed by atoms with E-state index >= 15 is 0 Å². The molecule has 0 radical (unpaired) electrons. The second-order valence-corrected chi connectivity index (χ2v) is 9.35. The second-order valence-electron chi connectivity index (χ2n) is 8.49. The zero-order chi connectivity index (χ0) is 23.8. The van der Waals surface area contributed by atoms with Gasteiger partial charge in [0.05, 0.1) is 11.3 Å². The topological polar surface area (TPSA) is 81.9 Å². The lowest BCUT2D eigenvalue weighted by atomic mass is 9.93. The maximum absolute atomic E-state index is 13.1. The third-order valence-corrected chi connectivity index (χ3v) is 6.84. The largest absolute Gasteiger partial charge is 0.462 e. The number of rotatable bonds is 9. The molecule has 0 amide bonds. The van der Waals surface area contributed by atoms with E-state index in [2.05, 4.69) is 27.8 Å². The molecule has 3 rings (SSSR count). The number of anilines is 1. The number of carbonyl (C=O) groups excluding carboxylic acids is 2. The molecule has 1 atom stereocenters. The molecule has 0 spiro atoms. The summed E-state index contributed by atoms with van der Waals surface area (Å²) in [7, 11) is 0. The molecule has 33 heavy (non-hydrogen) atoms. The van der Waals surface area contributed by atoms with Crippen molar-refractivity contribution in [2.45, 2.75) is 64.6 Å². The number of nitrogen functional groups attached to an aromatic ring is 1. The molecule has 0 bridgehead atoms. The van der Waals surface area contributed by atoms with Gasteiger partial charge in [0.1, 0.15) is 6.61 Å². The highest BCUT2D eigenvalue weighted by Crippen LogP contribution is 2.30. The first-order valence-electron chi connectivity index (χ1n) is 11.6. The number of hydrogen-bond acceptors (Lipinski definition) is 6. The van der Waals surface area contributed by atoms with E-state index in [0.29, 0.717) is 28.3 Å². The van der Waals surface area contributed by atoms with Gasteiger partial charge in [-0.15, -0.1) is 0 Å². The Hall–Kier alpha value is -2.38. The Bertz CT molecular complexity index is 945. The van der Waals surface area contributed by atoms with E-state index in [0.717, 1.165) is 17.7 Å². The first-order chi connectivity index (χ1) is 15.9. The smallest absolute Gasteiger partial charge is 0.338 e. The van der Waals surface area contributed by atoms with Crippen molar-refractivity contribution in [3.8, 4) is 0 Å². The van der Waals surface area contributed by atoms with Crippen LogP contribution in [-0.4, -0.2) is 36.0 Å². The fraction of sp³-hybridized carbons (Fsp3) is 0.462. The Morgan fingerprint density at radius 2 is 1.85 bits per heavy atom. The lowest BCUT2D eigenvalue weighted by molar-refractivity contribution is -0.144. The predicted octanol–water partition coefficient (Wildman–Crippen LogP) is 5.65. The Morgan fingerprint density at radius 1 is 1.15 bits per heavy atom. The molecule has 0 aromatic heterocycles. The van der Waals surface area contributed by atoms with Crippen LogP contribution in [0.4, 0.5) is 5.69 Å². The van der Waals surface area contributed by atoms with Crippen molar-refractivity contribution in [2.75, 3.05) is 18.9 Å². The number of esters is 2. The van der Waals surface area contributed by atoms with Crippen LogP contribution in [0.1, 0.15) is 73.5 Å². The van der Waals surface area contributed by atoms with Crippen LogP contribution >= 0.6 is 15.9 Å². The van der Waals surface area contributed by atoms with E-state index in [9.17, 15) is 9.59 Å². The molecule has 1 fully saturated rings. The van der Waals surface area contributed by atoms with Crippen molar-refractivity contribution in [1.29, 1.82) is 0 Å². The molecule has 1 aliphatic rings. The maximum atomic E-state index is 13.1. The van der Waals surface area contributed by atoms with Gasteiger partial charge in [-0.2, -0.15) is 0 Å². The van der Waals surface area contributed by atoms with Crippen LogP contribution in [0.5, 0.6) is 0 Å². The summed E-state index contributed by atoms with van der Waals surface area (Å²) >= 11 is 3.51. The quantitative estimate of drug-likeness (QED) is 0.342. The number of nitrogens with zero attached hydrogens (tertiary/aromatic N) is 1. The number of benzene rings is 2. The average Bonchev–Trinajstić information content (AvgIpc) is 2.83. The van der Waals surface area contributed by atoms with E-state index in [1.54, 1.807) is 6.07 Å². The van der Waals surface area contributed by atoms with Crippen LogP contribution in [0.2, 0.25) is 0 Å². The van der Waals surface area contributed by atoms with Crippen molar-refractivity contribution in [3.63, 3.8) is 0 Å². The standard InChI is InChI=1S/C26H33BrN2O4/c1-3-29(22-12-8-5-9-13-22)16-21-14-20(15-23(27)25(21)28)26(31)33-24(17-32-18(2)30)19-10-6-4-7-11-19/h4,6-7,10-11,14-15,22,24H,3,5,8-9,12-13,16-17,28H2,1-2H3. The van der Waals surface area contributed by atoms with Crippen molar-refractivity contribution < 1.29 is 19.1 Å². The predicted molar refractivity (Wildman–Crippen MR) is 133 cm³/mol. The van der Waals surface area contributed by atoms with Crippen LogP contribution in [0.3, 0.4) is 0 Å². The average molecular weight is 517 g/mol. The number of halogens is 1. The summed E-state index contributed by atoms with van der Waals surface area (Å²) in [4.78, 5) is 26.9. The Labute approximate surface area is 204 Å². The van der Waals surface area contributed by atoms with Gasteiger partial charge < -0.3 is 15.2 Å². The molecule has 0 saturated heterocycles. The first kappa shape index (κ1) is 25.2. The third kappa shape index (κ3) is 7.05. The number of ether oxygens (including phenoxy) is 2. The van der Waals surface area contributed by atoms with Crippen LogP contribution in [0.25, 0.3) is 0 Å². The fourth-order valence-electron chi connectivity index (χ4n) is 4.34. The molecule has 178 valence electrons. The van der Waals surface area contributed by atoms with Crippen molar-refractivity contribution in [1.82, 2.24) is 4.90 Å². The Kier molecular flexibility index (Phi) is 9.32. The molecule has 2 aromatic carbocycles. The van der Waals surface area contributed by atoms with Gasteiger partial charge in [-0.25, -0.2) is 4.79 Å². The Balaban J connectivity index is 1.80. The maximum Gasteiger partial charge on any atom is 0.338 e. The van der Waals surface area contributed by atoms with Gasteiger partial charge in [0.15, 0.2) is 6.10 Å². The molecular weight excluding hydrogens is 484 g/mol. The van der Waals surface area contributed by atoms with Gasteiger partial charge in [-0.1, -0.05) is 56.5 Å². The molecular formula is C26H33BrN2O4. The van der Waals surface area contributed by atoms with Crippen LogP contribution < -0.4 is 5.73 Å². The molecule has 2 N–H and O–H groups in total. The van der Waals surface area contributed by atoms with Gasteiger partial charge in [-0.3, -0.25) is 9.69 Å². The molecule has 1 unspecified atom stereocenters. The molecule has 1 saturated carbocycles. The molecule has 2 aromatic rings. The number of carbonyl (C=O) groups is 2. The van der Waals surface area contributed by atoms with E-state index in [-0.39, 0.29) is 6.61 Å². The molecule has 6 nitrogen and oxygen atoms in total. The summed E-state index contributed by atoms with van der Waals surface area (Å²) in [6, 6.07) is 13.3. The Morgan fingerprint density at radius 3 is 2.48 bits per heavy atom. The highest BCUT2D eigenvalue weighted by molar-refractivity contribution is 9.10. The van der Waals surface area contributed by atoms with Crippen LogP contribution in [-0.2, 0) is 20.8 Å². The minimum absolute atomic E-state index is 0.0423. The van der Waals surface area contributed by atoms with E-state index < -0.39 is 18.0 Å². The zero-order valence-corrected chi connectivity index (χ0v) is 21.0. The summed E-state index contributed by atoms with van der Waals surface area (Å²) in [5, 5.41) is 0. The van der Waals surface area contributed by atoms with Crippen molar-refractivity contribution >= 4 is 33.6 Å². The first-order valence-corrected chi connectivity index (χ1v) is 12.4. The lowest BCUT2D eigenvalue weighted by Gasteiger charge is -2.34. The normalized spacial score (nSPS) is 15.3. The SMILES string of the molecule is CCN(Cc1cc(C(=O)OC(COC(C)=O)c2ccccc2)cc(Br)c1N)C1CCCCC1. The van der Waals surface area contributed by atoms with E-state index in [1.807, 2.05) is 36.4 Å². The van der Waals surface area contributed by atoms with Gasteiger partial charge in [0.25, 0.3) is 0 Å². The minimum Gasteiger partial charge on any atom is -0.462 e. The summed E-state index contributed by atoms with van der Waals surface area (Å²) in [6.45, 7) is 5.06. The van der Waals surface area contributed by atoms with E-state index in [1.165, 1.54) is 39.0 Å². The van der Waals surface area contributed by atoms with Gasteiger partial charge in [0, 0.05) is 24.0 Å². The molecule has 7 heteroatoms. The summed E-state index contributed by atoms with van der Waals surface area (Å²) in [6.07, 6.45) is 5.53. The lowest BCUT2D eigenvalue weighted by Crippen LogP contribution is -2.36.